The second-order valence-electron chi connectivity index (χ2n) is 4.47. The van der Waals surface area contributed by atoms with E-state index in [0.29, 0.717) is 12.0 Å². The molecule has 1 saturated heterocycles. The predicted octanol–water partition coefficient (Wildman–Crippen LogP) is 1.50. The van der Waals surface area contributed by atoms with E-state index < -0.39 is 0 Å². The molecule has 0 aliphatic carbocycles. The van der Waals surface area contributed by atoms with Gasteiger partial charge in [-0.2, -0.15) is 0 Å². The number of hydrogen-bond acceptors (Lipinski definition) is 3. The van der Waals surface area contributed by atoms with Crippen LogP contribution in [0.3, 0.4) is 0 Å². The van der Waals surface area contributed by atoms with Crippen molar-refractivity contribution >= 4 is 5.84 Å². The summed E-state index contributed by atoms with van der Waals surface area (Å²) >= 11 is 0. The number of rotatable bonds is 3. The van der Waals surface area contributed by atoms with Gasteiger partial charge in [0.1, 0.15) is 5.84 Å². The van der Waals surface area contributed by atoms with Gasteiger partial charge >= 0.3 is 0 Å². The first-order valence-electron chi connectivity index (χ1n) is 5.83. The Morgan fingerprint density at radius 2 is 2.13 bits per heavy atom. The molecule has 0 saturated carbocycles. The average Bonchev–Trinajstić information content (AvgIpc) is 2.27. The van der Waals surface area contributed by atoms with E-state index in [1.54, 1.807) is 0 Å². The van der Waals surface area contributed by atoms with Crippen LogP contribution in [0.25, 0.3) is 0 Å². The molecule has 4 nitrogen and oxygen atoms in total. The second kappa shape index (κ2) is 6.08. The number of hydroxylamine groups is 1. The molecule has 0 radical (unpaired) electrons. The number of piperidine rings is 1. The van der Waals surface area contributed by atoms with Crippen molar-refractivity contribution in [3.05, 3.63) is 0 Å². The van der Waals surface area contributed by atoms with E-state index in [4.69, 9.17) is 5.21 Å². The Hall–Kier alpha value is -0.610. The third kappa shape index (κ3) is 3.80. The molecule has 1 atom stereocenters. The molecule has 1 aliphatic rings. The summed E-state index contributed by atoms with van der Waals surface area (Å²) in [6.45, 7) is 6.39. The highest BCUT2D eigenvalue weighted by molar-refractivity contribution is 5.83. The molecular weight excluding hydrogens is 190 g/mol. The number of amidine groups is 1. The summed E-state index contributed by atoms with van der Waals surface area (Å²) in [7, 11) is 2.14. The Morgan fingerprint density at radius 1 is 1.53 bits per heavy atom. The monoisotopic (exact) mass is 213 g/mol. The Labute approximate surface area is 92.3 Å². The van der Waals surface area contributed by atoms with Crippen LogP contribution in [0.5, 0.6) is 0 Å². The summed E-state index contributed by atoms with van der Waals surface area (Å²) < 4.78 is 0. The highest BCUT2D eigenvalue weighted by Gasteiger charge is 2.17. The quantitative estimate of drug-likeness (QED) is 0.424. The van der Waals surface area contributed by atoms with E-state index in [1.165, 1.54) is 0 Å². The fourth-order valence-electron chi connectivity index (χ4n) is 1.78. The topological polar surface area (TPSA) is 47.9 Å². The van der Waals surface area contributed by atoms with Crippen LogP contribution in [0.15, 0.2) is 4.99 Å². The number of aliphatic imine (C=N–C) groups is 1. The minimum absolute atomic E-state index is 0.314. The van der Waals surface area contributed by atoms with E-state index in [9.17, 15) is 0 Å². The Kier molecular flexibility index (Phi) is 5.05. The maximum absolute atomic E-state index is 9.02. The first-order chi connectivity index (χ1) is 7.17. The van der Waals surface area contributed by atoms with Gasteiger partial charge < -0.3 is 4.90 Å². The molecule has 0 aromatic rings. The van der Waals surface area contributed by atoms with Gasteiger partial charge in [0.25, 0.3) is 0 Å². The molecule has 1 heterocycles. The standard InChI is InChI=1S/C11H23N3O/c1-4-9(2)11(13-15)12-10-5-7-14(3)8-6-10/h9-10,15H,4-8H2,1-3H3,(H,12,13). The summed E-state index contributed by atoms with van der Waals surface area (Å²) in [6.07, 6.45) is 3.19. The van der Waals surface area contributed by atoms with Gasteiger partial charge in [-0.05, 0) is 39.4 Å². The molecule has 15 heavy (non-hydrogen) atoms. The molecule has 1 rings (SSSR count). The van der Waals surface area contributed by atoms with E-state index >= 15 is 0 Å². The maximum Gasteiger partial charge on any atom is 0.123 e. The molecule has 0 bridgehead atoms. The zero-order valence-electron chi connectivity index (χ0n) is 10.0. The maximum atomic E-state index is 9.02. The number of nitrogens with zero attached hydrogens (tertiary/aromatic N) is 2. The van der Waals surface area contributed by atoms with Crippen molar-refractivity contribution in [1.82, 2.24) is 10.4 Å². The Morgan fingerprint density at radius 3 is 2.60 bits per heavy atom. The van der Waals surface area contributed by atoms with Crippen LogP contribution in [0.1, 0.15) is 33.1 Å². The third-order valence-electron chi connectivity index (χ3n) is 3.20. The fraction of sp³-hybridized carbons (Fsp3) is 0.909. The van der Waals surface area contributed by atoms with E-state index in [0.717, 1.165) is 38.2 Å². The van der Waals surface area contributed by atoms with Crippen molar-refractivity contribution in [1.29, 1.82) is 0 Å². The van der Waals surface area contributed by atoms with Gasteiger partial charge in [0, 0.05) is 5.92 Å². The molecule has 0 amide bonds. The van der Waals surface area contributed by atoms with Crippen LogP contribution in [0.2, 0.25) is 0 Å². The van der Waals surface area contributed by atoms with Crippen LogP contribution in [0.4, 0.5) is 0 Å². The van der Waals surface area contributed by atoms with Gasteiger partial charge in [-0.15, -0.1) is 0 Å². The van der Waals surface area contributed by atoms with E-state index in [-0.39, 0.29) is 0 Å². The minimum Gasteiger partial charge on any atom is -0.306 e. The largest absolute Gasteiger partial charge is 0.306 e. The molecular formula is C11H23N3O. The lowest BCUT2D eigenvalue weighted by Crippen LogP contribution is -2.35. The lowest BCUT2D eigenvalue weighted by molar-refractivity contribution is 0.222. The zero-order chi connectivity index (χ0) is 11.3. The first-order valence-corrected chi connectivity index (χ1v) is 5.83. The van der Waals surface area contributed by atoms with Gasteiger partial charge in [0.15, 0.2) is 0 Å². The number of hydrogen-bond donors (Lipinski definition) is 2. The highest BCUT2D eigenvalue weighted by atomic mass is 16.5. The average molecular weight is 213 g/mol. The van der Waals surface area contributed by atoms with Crippen molar-refractivity contribution in [3.63, 3.8) is 0 Å². The molecule has 88 valence electrons. The summed E-state index contributed by atoms with van der Waals surface area (Å²) in [5.74, 6) is 1.06. The third-order valence-corrected chi connectivity index (χ3v) is 3.20. The van der Waals surface area contributed by atoms with Crippen LogP contribution < -0.4 is 5.48 Å². The summed E-state index contributed by atoms with van der Waals surface area (Å²) in [4.78, 5) is 6.91. The normalized spacial score (nSPS) is 22.8. The molecule has 0 aromatic carbocycles. The summed E-state index contributed by atoms with van der Waals surface area (Å²) in [5.41, 5.74) is 2.25. The lowest BCUT2D eigenvalue weighted by Gasteiger charge is -2.27. The van der Waals surface area contributed by atoms with Gasteiger partial charge in [0.2, 0.25) is 0 Å². The molecule has 4 heteroatoms. The molecule has 0 spiro atoms. The molecule has 1 unspecified atom stereocenters. The summed E-state index contributed by atoms with van der Waals surface area (Å²) in [5, 5.41) is 9.02. The number of likely N-dealkylation sites (tertiary alicyclic amines) is 1. The highest BCUT2D eigenvalue weighted by Crippen LogP contribution is 2.14. The van der Waals surface area contributed by atoms with Crippen LogP contribution in [-0.4, -0.2) is 42.1 Å². The van der Waals surface area contributed by atoms with Crippen molar-refractivity contribution in [3.8, 4) is 0 Å². The fourth-order valence-corrected chi connectivity index (χ4v) is 1.78. The van der Waals surface area contributed by atoms with Gasteiger partial charge in [-0.1, -0.05) is 13.8 Å². The van der Waals surface area contributed by atoms with Crippen molar-refractivity contribution < 1.29 is 5.21 Å². The molecule has 1 aliphatic heterocycles. The second-order valence-corrected chi connectivity index (χ2v) is 4.47. The van der Waals surface area contributed by atoms with Crippen molar-refractivity contribution in [2.75, 3.05) is 20.1 Å². The van der Waals surface area contributed by atoms with Gasteiger partial charge in [-0.3, -0.25) is 15.7 Å². The smallest absolute Gasteiger partial charge is 0.123 e. The number of nitrogens with one attached hydrogen (secondary N) is 1. The van der Waals surface area contributed by atoms with Crippen molar-refractivity contribution in [2.45, 2.75) is 39.2 Å². The Bertz CT molecular complexity index is 210. The summed E-state index contributed by atoms with van der Waals surface area (Å²) in [6, 6.07) is 0.379. The van der Waals surface area contributed by atoms with Crippen LogP contribution in [0, 0.1) is 5.92 Å². The SMILES string of the molecule is CCC(C)C(=NC1CCN(C)CC1)NO. The van der Waals surface area contributed by atoms with Gasteiger partial charge in [-0.25, -0.2) is 0 Å². The lowest BCUT2D eigenvalue weighted by atomic mass is 10.0. The zero-order valence-corrected chi connectivity index (χ0v) is 10.0. The van der Waals surface area contributed by atoms with Crippen LogP contribution >= 0.6 is 0 Å². The molecule has 2 N–H and O–H groups in total. The minimum atomic E-state index is 0.314. The molecule has 0 aromatic heterocycles. The molecule has 1 fully saturated rings. The van der Waals surface area contributed by atoms with Crippen LogP contribution in [-0.2, 0) is 0 Å². The van der Waals surface area contributed by atoms with E-state index in [2.05, 4.69) is 36.3 Å². The van der Waals surface area contributed by atoms with Gasteiger partial charge in [0.05, 0.1) is 6.04 Å². The first kappa shape index (κ1) is 12.5. The predicted molar refractivity (Wildman–Crippen MR) is 62.3 cm³/mol. The van der Waals surface area contributed by atoms with Crippen molar-refractivity contribution in [2.24, 2.45) is 10.9 Å². The Balaban J connectivity index is 2.51. The van der Waals surface area contributed by atoms with E-state index in [1.807, 2.05) is 0 Å².